The van der Waals surface area contributed by atoms with E-state index in [4.69, 9.17) is 21.4 Å². The van der Waals surface area contributed by atoms with Gasteiger partial charge in [0.25, 0.3) is 0 Å². The predicted octanol–water partition coefficient (Wildman–Crippen LogP) is 5.46. The first-order chi connectivity index (χ1) is 17.1. The number of halogens is 4. The molecule has 5 rings (SSSR count). The molecule has 0 radical (unpaired) electrons. The summed E-state index contributed by atoms with van der Waals surface area (Å²) in [6, 6.07) is 10.7. The minimum Gasteiger partial charge on any atom is -0.384 e. The largest absolute Gasteiger partial charge is 0.435 e. The summed E-state index contributed by atoms with van der Waals surface area (Å²) >= 11 is 7.42. The summed E-state index contributed by atoms with van der Waals surface area (Å²) in [5.41, 5.74) is 1.04. The van der Waals surface area contributed by atoms with Gasteiger partial charge in [0.15, 0.2) is 11.3 Å². The SMILES string of the molecule is C[C@]1(c2ccccc2)CC(c2csc(C3CCN(C(=O)Cn4nc(C(F)(F)F)cc4Cl)CC3)n2)=NO1. The molecule has 4 heterocycles. The van der Waals surface area contributed by atoms with Crippen LogP contribution in [-0.2, 0) is 28.0 Å². The minimum atomic E-state index is -4.61. The third kappa shape index (κ3) is 4.99. The maximum atomic E-state index is 12.8. The predicted molar refractivity (Wildman–Crippen MR) is 129 cm³/mol. The van der Waals surface area contributed by atoms with Gasteiger partial charge in [0.1, 0.15) is 17.4 Å². The van der Waals surface area contributed by atoms with E-state index in [0.717, 1.165) is 32.7 Å². The van der Waals surface area contributed by atoms with Crippen LogP contribution in [0.25, 0.3) is 0 Å². The Hall–Kier alpha value is -2.92. The Morgan fingerprint density at radius 1 is 1.25 bits per heavy atom. The van der Waals surface area contributed by atoms with Crippen molar-refractivity contribution in [3.05, 3.63) is 68.9 Å². The van der Waals surface area contributed by atoms with Crippen molar-refractivity contribution in [3.8, 4) is 0 Å². The molecule has 2 aliphatic rings. The number of hydrogen-bond acceptors (Lipinski definition) is 6. The molecule has 1 aromatic carbocycles. The first kappa shape index (κ1) is 24.8. The fourth-order valence-corrected chi connectivity index (χ4v) is 5.68. The average molecular weight is 538 g/mol. The lowest BCUT2D eigenvalue weighted by atomic mass is 9.90. The Bertz CT molecular complexity index is 1280. The Morgan fingerprint density at radius 2 is 1.97 bits per heavy atom. The van der Waals surface area contributed by atoms with Crippen molar-refractivity contribution < 1.29 is 22.8 Å². The lowest BCUT2D eigenvalue weighted by molar-refractivity contribution is -0.142. The highest BCUT2D eigenvalue weighted by Crippen LogP contribution is 2.37. The summed E-state index contributed by atoms with van der Waals surface area (Å²) in [4.78, 5) is 24.9. The maximum Gasteiger partial charge on any atom is 0.435 e. The number of hydrogen-bond donors (Lipinski definition) is 0. The van der Waals surface area contributed by atoms with E-state index < -0.39 is 17.5 Å². The lowest BCUT2D eigenvalue weighted by Gasteiger charge is -2.31. The monoisotopic (exact) mass is 537 g/mol. The van der Waals surface area contributed by atoms with Crippen LogP contribution < -0.4 is 0 Å². The Kier molecular flexibility index (Phi) is 6.54. The van der Waals surface area contributed by atoms with Crippen molar-refractivity contribution in [2.45, 2.75) is 50.4 Å². The van der Waals surface area contributed by atoms with E-state index in [1.54, 1.807) is 16.2 Å². The third-order valence-corrected chi connectivity index (χ3v) is 7.88. The van der Waals surface area contributed by atoms with Crippen LogP contribution in [0.3, 0.4) is 0 Å². The zero-order valence-electron chi connectivity index (χ0n) is 19.3. The van der Waals surface area contributed by atoms with Crippen molar-refractivity contribution in [2.75, 3.05) is 13.1 Å². The van der Waals surface area contributed by atoms with Gasteiger partial charge in [0.2, 0.25) is 5.91 Å². The number of nitrogens with zero attached hydrogens (tertiary/aromatic N) is 5. The van der Waals surface area contributed by atoms with Gasteiger partial charge in [-0.2, -0.15) is 18.3 Å². The number of benzene rings is 1. The number of thiazole rings is 1. The minimum absolute atomic E-state index is 0.196. The van der Waals surface area contributed by atoms with Gasteiger partial charge in [-0.25, -0.2) is 9.67 Å². The molecule has 1 fully saturated rings. The molecule has 2 aromatic heterocycles. The number of alkyl halides is 3. The molecule has 12 heteroatoms. The van der Waals surface area contributed by atoms with E-state index in [2.05, 4.69) is 10.3 Å². The average Bonchev–Trinajstić information content (AvgIpc) is 3.59. The van der Waals surface area contributed by atoms with E-state index in [0.29, 0.717) is 32.4 Å². The van der Waals surface area contributed by atoms with Crippen LogP contribution in [0.5, 0.6) is 0 Å². The number of carbonyl (C=O) groups is 1. The molecule has 190 valence electrons. The maximum absolute atomic E-state index is 12.8. The van der Waals surface area contributed by atoms with Crippen LogP contribution in [0.4, 0.5) is 13.2 Å². The standard InChI is InChI=1S/C24H23ClF3N5O2S/c1-23(16-5-3-2-4-6-16)12-17(31-35-23)18-14-36-22(29-18)15-7-9-32(10-8-15)21(34)13-33-20(25)11-19(30-33)24(26,27)28/h2-6,11,14-15H,7-10,12-13H2,1H3/t23-/m1/s1. The topological polar surface area (TPSA) is 72.6 Å². The van der Waals surface area contributed by atoms with E-state index in [-0.39, 0.29) is 23.5 Å². The number of piperidine rings is 1. The normalized spacial score (nSPS) is 20.9. The number of carbonyl (C=O) groups excluding carboxylic acids is 1. The second-order valence-corrected chi connectivity index (χ2v) is 10.4. The molecule has 1 saturated heterocycles. The van der Waals surface area contributed by atoms with Crippen molar-refractivity contribution in [3.63, 3.8) is 0 Å². The number of aromatic nitrogens is 3. The van der Waals surface area contributed by atoms with Crippen LogP contribution in [0, 0.1) is 0 Å². The van der Waals surface area contributed by atoms with Gasteiger partial charge in [-0.1, -0.05) is 47.1 Å². The van der Waals surface area contributed by atoms with Crippen LogP contribution in [0.15, 0.2) is 46.9 Å². The van der Waals surface area contributed by atoms with Gasteiger partial charge in [0, 0.05) is 36.9 Å². The second kappa shape index (κ2) is 9.51. The van der Waals surface area contributed by atoms with Crippen molar-refractivity contribution in [1.29, 1.82) is 0 Å². The first-order valence-corrected chi connectivity index (χ1v) is 12.7. The van der Waals surface area contributed by atoms with Crippen molar-refractivity contribution in [1.82, 2.24) is 19.7 Å². The zero-order valence-corrected chi connectivity index (χ0v) is 20.9. The molecule has 0 unspecified atom stereocenters. The van der Waals surface area contributed by atoms with E-state index in [1.165, 1.54) is 0 Å². The molecular weight excluding hydrogens is 515 g/mol. The Morgan fingerprint density at radius 3 is 2.64 bits per heavy atom. The van der Waals surface area contributed by atoms with Gasteiger partial charge in [-0.05, 0) is 25.3 Å². The molecule has 1 amide bonds. The Balaban J connectivity index is 1.17. The summed E-state index contributed by atoms with van der Waals surface area (Å²) in [5, 5.41) is 10.5. The highest BCUT2D eigenvalue weighted by molar-refractivity contribution is 7.10. The smallest absolute Gasteiger partial charge is 0.384 e. The van der Waals surface area contributed by atoms with Gasteiger partial charge >= 0.3 is 6.18 Å². The zero-order chi connectivity index (χ0) is 25.5. The molecule has 1 atom stereocenters. The van der Waals surface area contributed by atoms with E-state index in [1.807, 2.05) is 42.6 Å². The van der Waals surface area contributed by atoms with Crippen LogP contribution in [0.1, 0.15) is 54.1 Å². The Labute approximate surface area is 214 Å². The molecule has 0 spiro atoms. The summed E-state index contributed by atoms with van der Waals surface area (Å²) < 4.78 is 39.4. The summed E-state index contributed by atoms with van der Waals surface area (Å²) in [7, 11) is 0. The lowest BCUT2D eigenvalue weighted by Crippen LogP contribution is -2.40. The second-order valence-electron chi connectivity index (χ2n) is 9.14. The first-order valence-electron chi connectivity index (χ1n) is 11.5. The molecule has 0 saturated carbocycles. The quantitative estimate of drug-likeness (QED) is 0.433. The van der Waals surface area contributed by atoms with Crippen molar-refractivity contribution in [2.24, 2.45) is 5.16 Å². The number of rotatable bonds is 5. The molecular formula is C24H23ClF3N5O2S. The summed E-state index contributed by atoms with van der Waals surface area (Å²) in [6.45, 7) is 2.65. The van der Waals surface area contributed by atoms with Gasteiger partial charge in [-0.15, -0.1) is 11.3 Å². The van der Waals surface area contributed by atoms with Gasteiger partial charge in [-0.3, -0.25) is 4.79 Å². The molecule has 7 nitrogen and oxygen atoms in total. The number of amides is 1. The van der Waals surface area contributed by atoms with E-state index >= 15 is 0 Å². The molecule has 0 N–H and O–H groups in total. The summed E-state index contributed by atoms with van der Waals surface area (Å²) in [5.74, 6) is -0.119. The molecule has 0 aliphatic carbocycles. The number of oxime groups is 1. The highest BCUT2D eigenvalue weighted by Gasteiger charge is 2.38. The highest BCUT2D eigenvalue weighted by atomic mass is 35.5. The molecule has 36 heavy (non-hydrogen) atoms. The molecule has 3 aromatic rings. The van der Waals surface area contributed by atoms with Gasteiger partial charge in [0.05, 0.1) is 10.7 Å². The fourth-order valence-electron chi connectivity index (χ4n) is 4.48. The van der Waals surface area contributed by atoms with Gasteiger partial charge < -0.3 is 9.74 Å². The molecule has 0 bridgehead atoms. The van der Waals surface area contributed by atoms with Crippen LogP contribution in [-0.4, -0.2) is 44.4 Å². The third-order valence-electron chi connectivity index (χ3n) is 6.57. The van der Waals surface area contributed by atoms with Crippen LogP contribution >= 0.6 is 22.9 Å². The summed E-state index contributed by atoms with van der Waals surface area (Å²) in [6.07, 6.45) is -2.56. The van der Waals surface area contributed by atoms with Crippen molar-refractivity contribution >= 4 is 34.6 Å². The molecule has 2 aliphatic heterocycles. The number of likely N-dealkylation sites (tertiary alicyclic amines) is 1. The van der Waals surface area contributed by atoms with E-state index in [9.17, 15) is 18.0 Å². The fraction of sp³-hybridized carbons (Fsp3) is 0.417. The van der Waals surface area contributed by atoms with Crippen LogP contribution in [0.2, 0.25) is 5.15 Å².